The predicted molar refractivity (Wildman–Crippen MR) is 55.7 cm³/mol. The Bertz CT molecular complexity index is 488. The minimum atomic E-state index is -2.58. The van der Waals surface area contributed by atoms with E-state index in [-0.39, 0.29) is 23.7 Å². The molecule has 1 aromatic rings. The van der Waals surface area contributed by atoms with Crippen molar-refractivity contribution < 1.29 is 24.3 Å². The van der Waals surface area contributed by atoms with E-state index in [2.05, 4.69) is 0 Å². The van der Waals surface area contributed by atoms with Gasteiger partial charge in [0.2, 0.25) is 17.2 Å². The Morgan fingerprint density at radius 2 is 1.41 bits per heavy atom. The predicted octanol–water partition coefficient (Wildman–Crippen LogP) is -0.189. The quantitative estimate of drug-likeness (QED) is 0.576. The Labute approximate surface area is 96.1 Å². The summed E-state index contributed by atoms with van der Waals surface area (Å²) in [6.45, 7) is 0. The van der Waals surface area contributed by atoms with Crippen LogP contribution in [-0.2, 0) is 9.59 Å². The van der Waals surface area contributed by atoms with E-state index < -0.39 is 23.1 Å². The molecule has 1 aromatic carbocycles. The molecule has 0 spiro atoms. The molecule has 0 fully saturated rings. The fourth-order valence-electron chi connectivity index (χ4n) is 1.92. The molecule has 1 aliphatic carbocycles. The standard InChI is InChI=1S/C12H8O5/c13-5-7(6-14)12(17)10(15)8-3-1-2-4-9(8)11(12)16/h1-7,17H. The molecule has 86 valence electrons. The van der Waals surface area contributed by atoms with Gasteiger partial charge in [0.1, 0.15) is 18.5 Å². The van der Waals surface area contributed by atoms with Crippen LogP contribution < -0.4 is 0 Å². The molecule has 5 heteroatoms. The highest BCUT2D eigenvalue weighted by molar-refractivity contribution is 6.34. The fourth-order valence-corrected chi connectivity index (χ4v) is 1.92. The minimum absolute atomic E-state index is 0.0358. The lowest BCUT2D eigenvalue weighted by molar-refractivity contribution is -0.125. The van der Waals surface area contributed by atoms with Gasteiger partial charge >= 0.3 is 0 Å². The Morgan fingerprint density at radius 1 is 1.00 bits per heavy atom. The third kappa shape index (κ3) is 1.29. The maximum atomic E-state index is 11.9. The summed E-state index contributed by atoms with van der Waals surface area (Å²) in [5, 5.41) is 10.0. The summed E-state index contributed by atoms with van der Waals surface area (Å²) in [6, 6.07) is 5.82. The highest BCUT2D eigenvalue weighted by Gasteiger charge is 2.56. The second kappa shape index (κ2) is 3.71. The number of hydrogen-bond acceptors (Lipinski definition) is 5. The highest BCUT2D eigenvalue weighted by Crippen LogP contribution is 2.33. The second-order valence-corrected chi connectivity index (χ2v) is 3.77. The van der Waals surface area contributed by atoms with Crippen LogP contribution in [0.2, 0.25) is 0 Å². The van der Waals surface area contributed by atoms with Crippen LogP contribution in [-0.4, -0.2) is 34.8 Å². The molecule has 0 heterocycles. The number of rotatable bonds is 3. The number of hydrogen-bond donors (Lipinski definition) is 1. The van der Waals surface area contributed by atoms with Crippen molar-refractivity contribution in [1.82, 2.24) is 0 Å². The SMILES string of the molecule is O=CC(C=O)C1(O)C(=O)c2ccccc2C1=O. The zero-order chi connectivity index (χ0) is 12.6. The Hall–Kier alpha value is -2.14. The summed E-state index contributed by atoms with van der Waals surface area (Å²) in [5.74, 6) is -3.47. The van der Waals surface area contributed by atoms with Gasteiger partial charge in [-0.3, -0.25) is 9.59 Å². The van der Waals surface area contributed by atoms with Crippen molar-refractivity contribution in [3.8, 4) is 0 Å². The average Bonchev–Trinajstić information content (AvgIpc) is 2.55. The maximum absolute atomic E-state index is 11.9. The topological polar surface area (TPSA) is 88.5 Å². The summed E-state index contributed by atoms with van der Waals surface area (Å²) in [7, 11) is 0. The monoisotopic (exact) mass is 232 g/mol. The molecule has 0 radical (unpaired) electrons. The van der Waals surface area contributed by atoms with Crippen molar-refractivity contribution in [2.45, 2.75) is 5.60 Å². The number of Topliss-reactive ketones (excluding diaryl/α,β-unsaturated/α-hetero) is 2. The lowest BCUT2D eigenvalue weighted by Crippen LogP contribution is -2.49. The van der Waals surface area contributed by atoms with Crippen LogP contribution in [0, 0.1) is 5.92 Å². The van der Waals surface area contributed by atoms with Gasteiger partial charge in [-0.05, 0) is 0 Å². The first-order chi connectivity index (χ1) is 8.07. The van der Waals surface area contributed by atoms with Gasteiger partial charge in [0.05, 0.1) is 0 Å². The molecule has 5 nitrogen and oxygen atoms in total. The number of aldehydes is 2. The molecule has 0 saturated heterocycles. The molecule has 1 N–H and O–H groups in total. The summed E-state index contributed by atoms with van der Waals surface area (Å²) >= 11 is 0. The number of ketones is 2. The molecule has 0 aliphatic heterocycles. The third-order valence-electron chi connectivity index (χ3n) is 2.88. The van der Waals surface area contributed by atoms with Crippen molar-refractivity contribution in [3.63, 3.8) is 0 Å². The van der Waals surface area contributed by atoms with Gasteiger partial charge < -0.3 is 14.7 Å². The van der Waals surface area contributed by atoms with Crippen LogP contribution in [0.25, 0.3) is 0 Å². The number of carbonyl (C=O) groups is 4. The van der Waals surface area contributed by atoms with Gasteiger partial charge in [0.25, 0.3) is 0 Å². The summed E-state index contributed by atoms with van der Waals surface area (Å²) in [5.41, 5.74) is -2.50. The van der Waals surface area contributed by atoms with Crippen molar-refractivity contribution in [2.75, 3.05) is 0 Å². The van der Waals surface area contributed by atoms with Crippen LogP contribution in [0.15, 0.2) is 24.3 Å². The molecule has 0 atom stereocenters. The number of carbonyl (C=O) groups excluding carboxylic acids is 4. The lowest BCUT2D eigenvalue weighted by Gasteiger charge is -2.20. The van der Waals surface area contributed by atoms with E-state index in [1.165, 1.54) is 24.3 Å². The minimum Gasteiger partial charge on any atom is -0.373 e. The van der Waals surface area contributed by atoms with E-state index in [0.29, 0.717) is 0 Å². The summed E-state index contributed by atoms with van der Waals surface area (Å²) < 4.78 is 0. The molecular weight excluding hydrogens is 224 g/mol. The summed E-state index contributed by atoms with van der Waals surface area (Å²) in [6.07, 6.45) is 0.212. The van der Waals surface area contributed by atoms with Crippen LogP contribution in [0.4, 0.5) is 0 Å². The van der Waals surface area contributed by atoms with Gasteiger partial charge in [-0.2, -0.15) is 0 Å². The van der Waals surface area contributed by atoms with Crippen molar-refractivity contribution in [2.24, 2.45) is 5.92 Å². The van der Waals surface area contributed by atoms with E-state index in [0.717, 1.165) is 0 Å². The molecule has 0 bridgehead atoms. The van der Waals surface area contributed by atoms with E-state index in [9.17, 15) is 24.3 Å². The van der Waals surface area contributed by atoms with Gasteiger partial charge in [-0.15, -0.1) is 0 Å². The van der Waals surface area contributed by atoms with Gasteiger partial charge in [-0.1, -0.05) is 24.3 Å². The molecule has 1 aliphatic rings. The third-order valence-corrected chi connectivity index (χ3v) is 2.88. The molecule has 0 amide bonds. The van der Waals surface area contributed by atoms with E-state index >= 15 is 0 Å². The Kier molecular flexibility index (Phi) is 2.48. The van der Waals surface area contributed by atoms with Crippen LogP contribution >= 0.6 is 0 Å². The van der Waals surface area contributed by atoms with Crippen molar-refractivity contribution in [3.05, 3.63) is 35.4 Å². The van der Waals surface area contributed by atoms with Crippen molar-refractivity contribution in [1.29, 1.82) is 0 Å². The van der Waals surface area contributed by atoms with Gasteiger partial charge in [0.15, 0.2) is 0 Å². The number of fused-ring (bicyclic) bond motifs is 1. The smallest absolute Gasteiger partial charge is 0.206 e. The van der Waals surface area contributed by atoms with Gasteiger partial charge in [0, 0.05) is 11.1 Å². The number of benzene rings is 1. The zero-order valence-electron chi connectivity index (χ0n) is 8.62. The van der Waals surface area contributed by atoms with E-state index in [1.54, 1.807) is 0 Å². The molecule has 0 saturated carbocycles. The first-order valence-corrected chi connectivity index (χ1v) is 4.89. The van der Waals surface area contributed by atoms with Crippen LogP contribution in [0.3, 0.4) is 0 Å². The second-order valence-electron chi connectivity index (χ2n) is 3.77. The summed E-state index contributed by atoms with van der Waals surface area (Å²) in [4.78, 5) is 45.1. The zero-order valence-corrected chi connectivity index (χ0v) is 8.62. The van der Waals surface area contributed by atoms with E-state index in [4.69, 9.17) is 0 Å². The largest absolute Gasteiger partial charge is 0.373 e. The van der Waals surface area contributed by atoms with Gasteiger partial charge in [-0.25, -0.2) is 0 Å². The first-order valence-electron chi connectivity index (χ1n) is 4.89. The van der Waals surface area contributed by atoms with E-state index in [1.807, 2.05) is 0 Å². The maximum Gasteiger partial charge on any atom is 0.206 e. The van der Waals surface area contributed by atoms with Crippen LogP contribution in [0.1, 0.15) is 20.7 Å². The lowest BCUT2D eigenvalue weighted by atomic mass is 9.85. The van der Waals surface area contributed by atoms with Crippen molar-refractivity contribution >= 4 is 24.1 Å². The Balaban J connectivity index is 2.63. The first kappa shape index (κ1) is 11.3. The molecule has 2 rings (SSSR count). The molecule has 17 heavy (non-hydrogen) atoms. The highest BCUT2D eigenvalue weighted by atomic mass is 16.3. The number of aliphatic hydroxyl groups is 1. The fraction of sp³-hybridized carbons (Fsp3) is 0.167. The molecular formula is C12H8O5. The molecule has 0 aromatic heterocycles. The average molecular weight is 232 g/mol. The normalized spacial score (nSPS) is 17.1. The Morgan fingerprint density at radius 3 is 1.76 bits per heavy atom. The molecule has 0 unspecified atom stereocenters. The van der Waals surface area contributed by atoms with Crippen LogP contribution in [0.5, 0.6) is 0 Å².